The summed E-state index contributed by atoms with van der Waals surface area (Å²) in [6.07, 6.45) is 6.28. The summed E-state index contributed by atoms with van der Waals surface area (Å²) >= 11 is 8.34. The lowest BCUT2D eigenvalue weighted by molar-refractivity contribution is -0.147. The normalized spacial score (nSPS) is 29.3. The van der Waals surface area contributed by atoms with E-state index in [9.17, 15) is 19.5 Å². The highest BCUT2D eigenvalue weighted by molar-refractivity contribution is 8.02. The number of carbonyl (C=O) groups excluding carboxylic acids is 3. The average Bonchev–Trinajstić information content (AvgIpc) is 3.52. The molecular formula is C33H46ClN3O4S. The maximum absolute atomic E-state index is 15.0. The van der Waals surface area contributed by atoms with Crippen LogP contribution >= 0.6 is 23.4 Å². The molecule has 4 rings (SSSR count). The number of hydrogen-bond acceptors (Lipinski definition) is 5. The summed E-state index contributed by atoms with van der Waals surface area (Å²) < 4.78 is -1.28. The minimum absolute atomic E-state index is 0.0475. The zero-order valence-electron chi connectivity index (χ0n) is 25.6. The molecule has 3 saturated heterocycles. The van der Waals surface area contributed by atoms with Gasteiger partial charge in [0.15, 0.2) is 0 Å². The first kappa shape index (κ1) is 32.6. The SMILES string of the molecule is C=CCN(CCC)C(=O)[C@@H]1[C@H]2C(=O)N([C@@H](CO)[C@@H](C)CC)C(C(=O)N(CC=C)c3c(C)cccc3Cl)C23CC[C@@]1(C)S3. The summed E-state index contributed by atoms with van der Waals surface area (Å²) in [5.41, 5.74) is 1.43. The molecule has 2 unspecified atom stereocenters. The van der Waals surface area contributed by atoms with Gasteiger partial charge >= 0.3 is 0 Å². The predicted molar refractivity (Wildman–Crippen MR) is 172 cm³/mol. The van der Waals surface area contributed by atoms with Gasteiger partial charge in [0.1, 0.15) is 6.04 Å². The van der Waals surface area contributed by atoms with Crippen LogP contribution in [0.5, 0.6) is 0 Å². The second kappa shape index (κ2) is 12.7. The molecule has 7 atom stereocenters. The number of carbonyl (C=O) groups is 3. The molecule has 0 saturated carbocycles. The minimum Gasteiger partial charge on any atom is -0.394 e. The number of para-hydroxylation sites is 1. The third-order valence-corrected chi connectivity index (χ3v) is 12.0. The summed E-state index contributed by atoms with van der Waals surface area (Å²) in [5.74, 6) is -1.78. The molecule has 42 heavy (non-hydrogen) atoms. The number of fused-ring (bicyclic) bond motifs is 1. The number of aliphatic hydroxyl groups excluding tert-OH is 1. The van der Waals surface area contributed by atoms with Crippen molar-refractivity contribution in [1.29, 1.82) is 0 Å². The summed E-state index contributed by atoms with van der Waals surface area (Å²) in [5, 5.41) is 11.1. The summed E-state index contributed by atoms with van der Waals surface area (Å²) in [6, 6.07) is 4.10. The molecule has 3 aliphatic rings. The van der Waals surface area contributed by atoms with Crippen molar-refractivity contribution >= 4 is 46.8 Å². The molecule has 0 aliphatic carbocycles. The fourth-order valence-corrected chi connectivity index (χ4v) is 10.3. The third-order valence-electron chi connectivity index (χ3n) is 9.75. The van der Waals surface area contributed by atoms with Gasteiger partial charge in [-0.25, -0.2) is 0 Å². The van der Waals surface area contributed by atoms with Gasteiger partial charge in [-0.05, 0) is 50.7 Å². The van der Waals surface area contributed by atoms with Gasteiger partial charge in [-0.15, -0.1) is 24.9 Å². The third kappa shape index (κ3) is 5.11. The van der Waals surface area contributed by atoms with Crippen LogP contribution in [0.25, 0.3) is 0 Å². The Kier molecular flexibility index (Phi) is 9.90. The van der Waals surface area contributed by atoms with Crippen LogP contribution < -0.4 is 4.90 Å². The highest BCUT2D eigenvalue weighted by atomic mass is 35.5. The lowest BCUT2D eigenvalue weighted by Crippen LogP contribution is -2.59. The van der Waals surface area contributed by atoms with Crippen molar-refractivity contribution in [3.8, 4) is 0 Å². The second-order valence-electron chi connectivity index (χ2n) is 12.3. The molecule has 1 aromatic rings. The van der Waals surface area contributed by atoms with Crippen LogP contribution in [0.15, 0.2) is 43.5 Å². The molecule has 0 aromatic heterocycles. The minimum atomic E-state index is -0.861. The van der Waals surface area contributed by atoms with Crippen molar-refractivity contribution in [3.63, 3.8) is 0 Å². The van der Waals surface area contributed by atoms with E-state index in [-0.39, 0.29) is 36.8 Å². The molecule has 1 aromatic carbocycles. The molecule has 3 amide bonds. The Balaban J connectivity index is 1.90. The van der Waals surface area contributed by atoms with Crippen LogP contribution in [0.4, 0.5) is 5.69 Å². The van der Waals surface area contributed by atoms with E-state index in [2.05, 4.69) is 20.1 Å². The number of amides is 3. The number of thioether (sulfide) groups is 1. The number of hydrogen-bond donors (Lipinski definition) is 1. The molecule has 7 nitrogen and oxygen atoms in total. The molecule has 1 N–H and O–H groups in total. The number of anilines is 1. The Morgan fingerprint density at radius 2 is 1.90 bits per heavy atom. The predicted octanol–water partition coefficient (Wildman–Crippen LogP) is 5.48. The zero-order valence-corrected chi connectivity index (χ0v) is 27.2. The molecule has 3 heterocycles. The first-order chi connectivity index (χ1) is 20.0. The van der Waals surface area contributed by atoms with E-state index in [0.29, 0.717) is 30.2 Å². The summed E-state index contributed by atoms with van der Waals surface area (Å²) in [4.78, 5) is 49.1. The van der Waals surface area contributed by atoms with Crippen molar-refractivity contribution < 1.29 is 19.5 Å². The summed E-state index contributed by atoms with van der Waals surface area (Å²) in [7, 11) is 0. The van der Waals surface area contributed by atoms with Crippen LogP contribution in [-0.2, 0) is 14.4 Å². The van der Waals surface area contributed by atoms with Crippen molar-refractivity contribution in [2.45, 2.75) is 81.9 Å². The van der Waals surface area contributed by atoms with Gasteiger partial charge in [-0.3, -0.25) is 14.4 Å². The number of nitrogens with zero attached hydrogens (tertiary/aromatic N) is 3. The summed E-state index contributed by atoms with van der Waals surface area (Å²) in [6.45, 7) is 18.8. The Hall–Kier alpha value is -2.29. The number of aryl methyl sites for hydroxylation is 1. The number of likely N-dealkylation sites (tertiary alicyclic amines) is 1. The van der Waals surface area contributed by atoms with E-state index < -0.39 is 33.4 Å². The first-order valence-electron chi connectivity index (χ1n) is 15.2. The largest absolute Gasteiger partial charge is 0.394 e. The Bertz CT molecular complexity index is 1220. The monoisotopic (exact) mass is 615 g/mol. The Morgan fingerprint density at radius 3 is 2.48 bits per heavy atom. The molecule has 2 bridgehead atoms. The van der Waals surface area contributed by atoms with Crippen molar-refractivity contribution in [1.82, 2.24) is 9.80 Å². The number of halogens is 1. The van der Waals surface area contributed by atoms with Gasteiger partial charge < -0.3 is 19.8 Å². The van der Waals surface area contributed by atoms with E-state index in [4.69, 9.17) is 11.6 Å². The van der Waals surface area contributed by atoms with Crippen LogP contribution in [0, 0.1) is 24.7 Å². The molecule has 230 valence electrons. The van der Waals surface area contributed by atoms with Crippen molar-refractivity contribution in [2.75, 3.05) is 31.1 Å². The van der Waals surface area contributed by atoms with E-state index in [1.165, 1.54) is 0 Å². The van der Waals surface area contributed by atoms with E-state index in [0.717, 1.165) is 24.8 Å². The van der Waals surface area contributed by atoms with Crippen LogP contribution in [0.3, 0.4) is 0 Å². The number of benzene rings is 1. The number of aliphatic hydroxyl groups is 1. The maximum atomic E-state index is 15.0. The standard InChI is InChI=1S/C33H46ClN3O4S/c1-8-17-35(18-9-2)29(39)25-26-30(40)37(24(20-38)21(5)11-4)28(33(26)16-15-32(25,7)42-33)31(41)36(19-10-3)27-22(6)13-12-14-23(27)34/h8,10,12-14,21,24-26,28,38H,1,3,9,11,15-20H2,2,4-7H3/t21-,24-,25-,26-,28?,32+,33?/m0/s1. The van der Waals surface area contributed by atoms with Crippen LogP contribution in [0.1, 0.15) is 58.9 Å². The van der Waals surface area contributed by atoms with Gasteiger partial charge in [0, 0.05) is 24.4 Å². The van der Waals surface area contributed by atoms with Crippen molar-refractivity contribution in [3.05, 3.63) is 54.1 Å². The Morgan fingerprint density at radius 1 is 1.21 bits per heavy atom. The zero-order chi connectivity index (χ0) is 31.0. The molecule has 1 spiro atoms. The quantitative estimate of drug-likeness (QED) is 0.297. The van der Waals surface area contributed by atoms with Gasteiger partial charge in [0.25, 0.3) is 5.91 Å². The smallest absolute Gasteiger partial charge is 0.251 e. The first-order valence-corrected chi connectivity index (χ1v) is 16.4. The lowest BCUT2D eigenvalue weighted by Gasteiger charge is -2.41. The second-order valence-corrected chi connectivity index (χ2v) is 14.6. The Labute approximate surface area is 260 Å². The van der Waals surface area contributed by atoms with E-state index in [1.54, 1.807) is 44.7 Å². The van der Waals surface area contributed by atoms with Crippen molar-refractivity contribution in [2.24, 2.45) is 17.8 Å². The van der Waals surface area contributed by atoms with Gasteiger partial charge in [-0.1, -0.05) is 63.1 Å². The highest BCUT2D eigenvalue weighted by Gasteiger charge is 2.78. The molecule has 0 radical (unpaired) electrons. The highest BCUT2D eigenvalue weighted by Crippen LogP contribution is 2.72. The maximum Gasteiger partial charge on any atom is 0.251 e. The van der Waals surface area contributed by atoms with E-state index >= 15 is 0 Å². The van der Waals surface area contributed by atoms with Crippen LogP contribution in [-0.4, -0.2) is 80.4 Å². The number of rotatable bonds is 13. The van der Waals surface area contributed by atoms with Gasteiger partial charge in [0.2, 0.25) is 11.8 Å². The lowest BCUT2D eigenvalue weighted by atomic mass is 9.66. The van der Waals surface area contributed by atoms with Crippen LogP contribution in [0.2, 0.25) is 5.02 Å². The average molecular weight is 616 g/mol. The van der Waals surface area contributed by atoms with E-state index in [1.807, 2.05) is 39.8 Å². The molecule has 9 heteroatoms. The fraction of sp³-hybridized carbons (Fsp3) is 0.606. The topological polar surface area (TPSA) is 81.2 Å². The molecular weight excluding hydrogens is 570 g/mol. The van der Waals surface area contributed by atoms with Gasteiger partial charge in [0.05, 0.1) is 39.9 Å². The molecule has 3 aliphatic heterocycles. The molecule has 3 fully saturated rings. The fourth-order valence-electron chi connectivity index (χ4n) is 7.64. The van der Waals surface area contributed by atoms with Gasteiger partial charge in [-0.2, -0.15) is 0 Å².